The second-order valence-corrected chi connectivity index (χ2v) is 6.82. The van der Waals surface area contributed by atoms with Crippen molar-refractivity contribution < 1.29 is 17.9 Å². The summed E-state index contributed by atoms with van der Waals surface area (Å²) in [7, 11) is 1.73. The minimum atomic E-state index is -4.36. The standard InChI is InChI=1S/C20H25F3N4O/c1-24-19(27-9-7-18(15-27)26-10-12-28-13-11-26)25-8-3-5-16-4-2-6-17(14-16)20(21,22)23/h2,4,6,14,18H,7-13,15H2,1H3,(H,24,25). The molecule has 1 unspecified atom stereocenters. The second kappa shape index (κ2) is 9.30. The van der Waals surface area contributed by atoms with Crippen LogP contribution in [-0.4, -0.2) is 74.8 Å². The minimum absolute atomic E-state index is 0.321. The van der Waals surface area contributed by atoms with Gasteiger partial charge in [0.2, 0.25) is 0 Å². The summed E-state index contributed by atoms with van der Waals surface area (Å²) in [5.74, 6) is 6.43. The number of halogens is 3. The first-order valence-corrected chi connectivity index (χ1v) is 9.41. The Labute approximate surface area is 163 Å². The van der Waals surface area contributed by atoms with Gasteiger partial charge in [-0.1, -0.05) is 17.9 Å². The van der Waals surface area contributed by atoms with Gasteiger partial charge in [0.25, 0.3) is 0 Å². The van der Waals surface area contributed by atoms with Crippen molar-refractivity contribution in [3.05, 3.63) is 35.4 Å². The summed E-state index contributed by atoms with van der Waals surface area (Å²) in [6, 6.07) is 5.55. The number of likely N-dealkylation sites (tertiary alicyclic amines) is 1. The molecule has 2 aliphatic rings. The molecule has 152 valence electrons. The molecule has 0 spiro atoms. The minimum Gasteiger partial charge on any atom is -0.379 e. The van der Waals surface area contributed by atoms with Gasteiger partial charge in [0.15, 0.2) is 5.96 Å². The molecule has 0 amide bonds. The lowest BCUT2D eigenvalue weighted by Gasteiger charge is -2.32. The summed E-state index contributed by atoms with van der Waals surface area (Å²) in [6.45, 7) is 5.65. The van der Waals surface area contributed by atoms with Gasteiger partial charge < -0.3 is 15.0 Å². The van der Waals surface area contributed by atoms with E-state index < -0.39 is 11.7 Å². The first-order chi connectivity index (χ1) is 13.5. The fourth-order valence-electron chi connectivity index (χ4n) is 3.55. The lowest BCUT2D eigenvalue weighted by Crippen LogP contribution is -2.46. The average molecular weight is 394 g/mol. The molecule has 2 aliphatic heterocycles. The van der Waals surface area contributed by atoms with Crippen LogP contribution in [0.25, 0.3) is 0 Å². The summed E-state index contributed by atoms with van der Waals surface area (Å²) >= 11 is 0. The third kappa shape index (κ3) is 5.40. The van der Waals surface area contributed by atoms with Crippen molar-refractivity contribution in [1.29, 1.82) is 0 Å². The highest BCUT2D eigenvalue weighted by Gasteiger charge is 2.31. The van der Waals surface area contributed by atoms with Gasteiger partial charge in [-0.3, -0.25) is 9.89 Å². The van der Waals surface area contributed by atoms with Crippen molar-refractivity contribution in [3.63, 3.8) is 0 Å². The van der Waals surface area contributed by atoms with Gasteiger partial charge in [0.1, 0.15) is 0 Å². The Morgan fingerprint density at radius 2 is 2.07 bits per heavy atom. The SMILES string of the molecule is CN=C(NCC#Cc1cccc(C(F)(F)F)c1)N1CCC(N2CCOCC2)C1. The molecule has 2 fully saturated rings. The Morgan fingerprint density at radius 1 is 1.29 bits per heavy atom. The fraction of sp³-hybridized carbons (Fsp3) is 0.550. The molecule has 8 heteroatoms. The van der Waals surface area contributed by atoms with E-state index in [9.17, 15) is 13.2 Å². The van der Waals surface area contributed by atoms with E-state index in [0.717, 1.165) is 63.9 Å². The maximum absolute atomic E-state index is 12.8. The normalized spacial score (nSPS) is 21.4. The third-order valence-electron chi connectivity index (χ3n) is 4.99. The molecule has 0 aliphatic carbocycles. The molecule has 3 rings (SSSR count). The molecule has 5 nitrogen and oxygen atoms in total. The molecule has 1 atom stereocenters. The zero-order chi connectivity index (χ0) is 20.0. The van der Waals surface area contributed by atoms with Crippen LogP contribution in [0.3, 0.4) is 0 Å². The molecular weight excluding hydrogens is 369 g/mol. The van der Waals surface area contributed by atoms with Crippen LogP contribution in [0, 0.1) is 11.8 Å². The Morgan fingerprint density at radius 3 is 2.79 bits per heavy atom. The zero-order valence-electron chi connectivity index (χ0n) is 15.9. The van der Waals surface area contributed by atoms with E-state index in [4.69, 9.17) is 4.74 Å². The van der Waals surface area contributed by atoms with E-state index in [2.05, 4.69) is 31.9 Å². The number of guanidine groups is 1. The van der Waals surface area contributed by atoms with E-state index >= 15 is 0 Å². The predicted octanol–water partition coefficient (Wildman–Crippen LogP) is 2.04. The molecule has 0 bridgehead atoms. The number of morpholine rings is 1. The fourth-order valence-corrected chi connectivity index (χ4v) is 3.55. The Balaban J connectivity index is 1.51. The highest BCUT2D eigenvalue weighted by atomic mass is 19.4. The lowest BCUT2D eigenvalue weighted by molar-refractivity contribution is -0.137. The summed E-state index contributed by atoms with van der Waals surface area (Å²) in [6.07, 6.45) is -3.28. The van der Waals surface area contributed by atoms with E-state index in [0.29, 0.717) is 18.2 Å². The second-order valence-electron chi connectivity index (χ2n) is 6.82. The van der Waals surface area contributed by atoms with Crippen molar-refractivity contribution in [2.24, 2.45) is 4.99 Å². The number of nitrogens with zero attached hydrogens (tertiary/aromatic N) is 3. The van der Waals surface area contributed by atoms with Gasteiger partial charge in [0, 0.05) is 44.8 Å². The molecular formula is C20H25F3N4O. The molecule has 0 saturated carbocycles. The Hall–Kier alpha value is -2.24. The maximum Gasteiger partial charge on any atom is 0.416 e. The number of hydrogen-bond donors (Lipinski definition) is 1. The predicted molar refractivity (Wildman–Crippen MR) is 102 cm³/mol. The van der Waals surface area contributed by atoms with E-state index in [1.165, 1.54) is 6.07 Å². The van der Waals surface area contributed by atoms with Gasteiger partial charge in [-0.05, 0) is 24.6 Å². The molecule has 1 N–H and O–H groups in total. The van der Waals surface area contributed by atoms with Gasteiger partial charge in [0.05, 0.1) is 25.3 Å². The summed E-state index contributed by atoms with van der Waals surface area (Å²) in [5.41, 5.74) is -0.338. The van der Waals surface area contributed by atoms with Crippen molar-refractivity contribution in [2.45, 2.75) is 18.6 Å². The first-order valence-electron chi connectivity index (χ1n) is 9.41. The summed E-state index contributed by atoms with van der Waals surface area (Å²) < 4.78 is 43.7. The maximum atomic E-state index is 12.8. The van der Waals surface area contributed by atoms with Crippen LogP contribution in [0.4, 0.5) is 13.2 Å². The van der Waals surface area contributed by atoms with E-state index in [-0.39, 0.29) is 0 Å². The molecule has 2 heterocycles. The monoisotopic (exact) mass is 394 g/mol. The number of benzene rings is 1. The smallest absolute Gasteiger partial charge is 0.379 e. The molecule has 2 saturated heterocycles. The molecule has 28 heavy (non-hydrogen) atoms. The van der Waals surface area contributed by atoms with Crippen LogP contribution < -0.4 is 5.32 Å². The molecule has 1 aromatic carbocycles. The van der Waals surface area contributed by atoms with Gasteiger partial charge in [-0.25, -0.2) is 0 Å². The number of nitrogens with one attached hydrogen (secondary N) is 1. The topological polar surface area (TPSA) is 40.1 Å². The largest absolute Gasteiger partial charge is 0.416 e. The van der Waals surface area contributed by atoms with Gasteiger partial charge >= 0.3 is 6.18 Å². The zero-order valence-corrected chi connectivity index (χ0v) is 15.9. The first kappa shape index (κ1) is 20.5. The van der Waals surface area contributed by atoms with Crippen molar-refractivity contribution in [3.8, 4) is 11.8 Å². The number of hydrogen-bond acceptors (Lipinski definition) is 3. The van der Waals surface area contributed by atoms with Gasteiger partial charge in [-0.2, -0.15) is 13.2 Å². The molecule has 1 aromatic rings. The van der Waals surface area contributed by atoms with E-state index in [1.54, 1.807) is 13.1 Å². The van der Waals surface area contributed by atoms with Crippen LogP contribution in [0.5, 0.6) is 0 Å². The van der Waals surface area contributed by atoms with Crippen molar-refractivity contribution >= 4 is 5.96 Å². The average Bonchev–Trinajstić information content (AvgIpc) is 3.18. The Kier molecular flexibility index (Phi) is 6.81. The van der Waals surface area contributed by atoms with Crippen LogP contribution >= 0.6 is 0 Å². The highest BCUT2D eigenvalue weighted by molar-refractivity contribution is 5.80. The van der Waals surface area contributed by atoms with Gasteiger partial charge in [-0.15, -0.1) is 0 Å². The van der Waals surface area contributed by atoms with Crippen molar-refractivity contribution in [1.82, 2.24) is 15.1 Å². The highest BCUT2D eigenvalue weighted by Crippen LogP contribution is 2.29. The summed E-state index contributed by atoms with van der Waals surface area (Å²) in [5, 5.41) is 3.19. The number of ether oxygens (including phenoxy) is 1. The Bertz CT molecular complexity index is 748. The van der Waals surface area contributed by atoms with Crippen LogP contribution in [0.2, 0.25) is 0 Å². The molecule has 0 radical (unpaired) electrons. The number of alkyl halides is 3. The third-order valence-corrected chi connectivity index (χ3v) is 4.99. The van der Waals surface area contributed by atoms with Crippen LogP contribution in [0.1, 0.15) is 17.5 Å². The van der Waals surface area contributed by atoms with E-state index in [1.807, 2.05) is 0 Å². The summed E-state index contributed by atoms with van der Waals surface area (Å²) in [4.78, 5) is 8.98. The number of aliphatic imine (C=N–C) groups is 1. The molecule has 0 aromatic heterocycles. The van der Waals surface area contributed by atoms with Crippen molar-refractivity contribution in [2.75, 3.05) is 53.0 Å². The van der Waals surface area contributed by atoms with Crippen LogP contribution in [0.15, 0.2) is 29.3 Å². The number of rotatable bonds is 2. The van der Waals surface area contributed by atoms with Crippen LogP contribution in [-0.2, 0) is 10.9 Å². The lowest BCUT2D eigenvalue weighted by atomic mass is 10.1. The quantitative estimate of drug-likeness (QED) is 0.474.